The minimum atomic E-state index is -0.0930. The van der Waals surface area contributed by atoms with Crippen LogP contribution in [0.3, 0.4) is 0 Å². The summed E-state index contributed by atoms with van der Waals surface area (Å²) in [6, 6.07) is 0. The first kappa shape index (κ1) is 26.1. The fourth-order valence-electron chi connectivity index (χ4n) is 2.11. The fraction of sp³-hybridized carbons (Fsp3) is 0.750. The van der Waals surface area contributed by atoms with Crippen molar-refractivity contribution in [1.82, 2.24) is 10.6 Å². The smallest absolute Gasteiger partial charge is 0.222 e. The molecular weight excluding hydrogens is 380 g/mol. The highest BCUT2D eigenvalue weighted by atomic mass is 33.1. The number of amides is 2. The van der Waals surface area contributed by atoms with E-state index >= 15 is 0 Å². The van der Waals surface area contributed by atoms with Crippen LogP contribution in [0.5, 0.6) is 0 Å². The van der Waals surface area contributed by atoms with Gasteiger partial charge in [0, 0.05) is 48.3 Å². The van der Waals surface area contributed by atoms with E-state index in [9.17, 15) is 14.4 Å². The van der Waals surface area contributed by atoms with Crippen LogP contribution in [0.2, 0.25) is 0 Å². The van der Waals surface area contributed by atoms with Gasteiger partial charge in [0.2, 0.25) is 11.8 Å². The number of hydrogen-bond acceptors (Lipinski definition) is 5. The molecule has 0 aromatic heterocycles. The molecule has 0 heterocycles. The Hall–Kier alpha value is -0.950. The van der Waals surface area contributed by atoms with Gasteiger partial charge in [0.05, 0.1) is 0 Å². The lowest BCUT2D eigenvalue weighted by molar-refractivity contribution is -0.124. The highest BCUT2D eigenvalue weighted by molar-refractivity contribution is 8.77. The van der Waals surface area contributed by atoms with Crippen LogP contribution >= 0.6 is 21.6 Å². The Kier molecular flexibility index (Phi) is 13.6. The summed E-state index contributed by atoms with van der Waals surface area (Å²) in [6.45, 7) is 12.8. The second-order valence-electron chi connectivity index (χ2n) is 7.49. The molecule has 0 fully saturated rings. The summed E-state index contributed by atoms with van der Waals surface area (Å²) >= 11 is 0. The van der Waals surface area contributed by atoms with E-state index in [0.717, 1.165) is 12.2 Å². The van der Waals surface area contributed by atoms with Gasteiger partial charge in [-0.3, -0.25) is 14.4 Å². The van der Waals surface area contributed by atoms with E-state index in [0.29, 0.717) is 25.9 Å². The van der Waals surface area contributed by atoms with E-state index in [4.69, 9.17) is 0 Å². The zero-order chi connectivity index (χ0) is 20.9. The Bertz CT molecular complexity index is 505. The molecule has 0 aliphatic carbocycles. The quantitative estimate of drug-likeness (QED) is 0.254. The van der Waals surface area contributed by atoms with Crippen molar-refractivity contribution in [3.8, 4) is 0 Å². The van der Waals surface area contributed by atoms with Crippen LogP contribution < -0.4 is 10.6 Å². The van der Waals surface area contributed by atoms with Crippen LogP contribution in [-0.2, 0) is 14.4 Å². The third-order valence-corrected chi connectivity index (χ3v) is 7.28. The largest absolute Gasteiger partial charge is 0.356 e. The zero-order valence-electron chi connectivity index (χ0n) is 17.6. The summed E-state index contributed by atoms with van der Waals surface area (Å²) in [5.74, 6) is 0.971. The number of hydrogen-bond donors (Lipinski definition) is 2. The molecule has 0 bridgehead atoms. The summed E-state index contributed by atoms with van der Waals surface area (Å²) < 4.78 is -0.0275. The molecule has 1 unspecified atom stereocenters. The Labute approximate surface area is 172 Å². The number of carbonyl (C=O) groups excluding carboxylic acids is 3. The second-order valence-corrected chi connectivity index (χ2v) is 10.6. The highest BCUT2D eigenvalue weighted by Crippen LogP contribution is 2.38. The van der Waals surface area contributed by atoms with Crippen LogP contribution in [0.1, 0.15) is 60.8 Å². The van der Waals surface area contributed by atoms with E-state index in [1.165, 1.54) is 0 Å². The minimum absolute atomic E-state index is 0.00985. The molecule has 7 heteroatoms. The first-order valence-electron chi connectivity index (χ1n) is 9.59. The van der Waals surface area contributed by atoms with Crippen molar-refractivity contribution in [2.24, 2.45) is 11.8 Å². The zero-order valence-corrected chi connectivity index (χ0v) is 19.2. The third kappa shape index (κ3) is 13.8. The predicted octanol–water partition coefficient (Wildman–Crippen LogP) is 3.99. The molecule has 0 radical (unpaired) electrons. The van der Waals surface area contributed by atoms with Crippen molar-refractivity contribution in [1.29, 1.82) is 0 Å². The first-order chi connectivity index (χ1) is 12.6. The number of rotatable bonds is 14. The van der Waals surface area contributed by atoms with E-state index in [1.54, 1.807) is 21.6 Å². The Morgan fingerprint density at radius 3 is 2.30 bits per heavy atom. The number of Topliss-reactive ketones (excluding diaryl/α,β-unsaturated/α-hetero) is 1. The Morgan fingerprint density at radius 1 is 1.04 bits per heavy atom. The van der Waals surface area contributed by atoms with Gasteiger partial charge >= 0.3 is 0 Å². The maximum Gasteiger partial charge on any atom is 0.222 e. The van der Waals surface area contributed by atoms with E-state index < -0.39 is 0 Å². The molecule has 0 saturated carbocycles. The number of ketones is 1. The summed E-state index contributed by atoms with van der Waals surface area (Å²) in [4.78, 5) is 35.3. The summed E-state index contributed by atoms with van der Waals surface area (Å²) in [7, 11) is 3.46. The average Bonchev–Trinajstić information content (AvgIpc) is 2.59. The molecule has 0 aromatic rings. The SMILES string of the molecule is CC=CC(C)C(=O)CCNC(=O)CCC(C)(C)SSCCNC(=O)C(C)C. The minimum Gasteiger partial charge on any atom is -0.356 e. The Balaban J connectivity index is 3.90. The van der Waals surface area contributed by atoms with Gasteiger partial charge in [-0.25, -0.2) is 0 Å². The van der Waals surface area contributed by atoms with Crippen molar-refractivity contribution < 1.29 is 14.4 Å². The normalized spacial score (nSPS) is 13.0. The van der Waals surface area contributed by atoms with Crippen molar-refractivity contribution >= 4 is 39.2 Å². The standard InChI is InChI=1S/C20H36N2O3S2/c1-7-8-16(4)17(23)10-12-21-18(24)9-11-20(5,6)27-26-14-13-22-19(25)15(2)3/h7-8,15-16H,9-14H2,1-6H3,(H,21,24)(H,22,25). The molecule has 5 nitrogen and oxygen atoms in total. The molecule has 2 amide bonds. The maximum absolute atomic E-state index is 12.0. The molecule has 27 heavy (non-hydrogen) atoms. The molecule has 0 aliphatic heterocycles. The monoisotopic (exact) mass is 416 g/mol. The molecule has 1 atom stereocenters. The lowest BCUT2D eigenvalue weighted by Crippen LogP contribution is -2.29. The van der Waals surface area contributed by atoms with Crippen molar-refractivity contribution in [3.63, 3.8) is 0 Å². The van der Waals surface area contributed by atoms with Gasteiger partial charge in [-0.15, -0.1) is 0 Å². The number of carbonyl (C=O) groups is 3. The lowest BCUT2D eigenvalue weighted by atomic mass is 10.0. The maximum atomic E-state index is 12.0. The predicted molar refractivity (Wildman–Crippen MR) is 118 cm³/mol. The average molecular weight is 417 g/mol. The van der Waals surface area contributed by atoms with Crippen LogP contribution in [-0.4, -0.2) is 41.2 Å². The van der Waals surface area contributed by atoms with Gasteiger partial charge in [-0.2, -0.15) is 0 Å². The van der Waals surface area contributed by atoms with E-state index in [2.05, 4.69) is 24.5 Å². The third-order valence-electron chi connectivity index (χ3n) is 3.93. The molecular formula is C20H36N2O3S2. The van der Waals surface area contributed by atoms with Gasteiger partial charge in [0.25, 0.3) is 0 Å². The van der Waals surface area contributed by atoms with Gasteiger partial charge in [0.1, 0.15) is 5.78 Å². The summed E-state index contributed by atoms with van der Waals surface area (Å²) in [5.41, 5.74) is 0. The molecule has 0 spiro atoms. The Morgan fingerprint density at radius 2 is 1.70 bits per heavy atom. The summed E-state index contributed by atoms with van der Waals surface area (Å²) in [5, 5.41) is 5.73. The number of allylic oxidation sites excluding steroid dienone is 2. The highest BCUT2D eigenvalue weighted by Gasteiger charge is 2.20. The van der Waals surface area contributed by atoms with Gasteiger partial charge in [-0.1, -0.05) is 54.5 Å². The van der Waals surface area contributed by atoms with Crippen LogP contribution in [0.15, 0.2) is 12.2 Å². The van der Waals surface area contributed by atoms with Crippen LogP contribution in [0, 0.1) is 11.8 Å². The molecule has 0 saturated heterocycles. The topological polar surface area (TPSA) is 75.3 Å². The number of nitrogens with one attached hydrogen (secondary N) is 2. The molecule has 2 N–H and O–H groups in total. The fourth-order valence-corrected chi connectivity index (χ4v) is 4.59. The van der Waals surface area contributed by atoms with Gasteiger partial charge in [-0.05, 0) is 27.2 Å². The van der Waals surface area contributed by atoms with Crippen molar-refractivity contribution in [2.45, 2.75) is 65.6 Å². The lowest BCUT2D eigenvalue weighted by Gasteiger charge is -2.23. The second kappa shape index (κ2) is 14.1. The first-order valence-corrected chi connectivity index (χ1v) is 11.9. The van der Waals surface area contributed by atoms with Crippen LogP contribution in [0.25, 0.3) is 0 Å². The molecule has 0 aromatic carbocycles. The van der Waals surface area contributed by atoms with Crippen molar-refractivity contribution in [3.05, 3.63) is 12.2 Å². The van der Waals surface area contributed by atoms with E-state index in [-0.39, 0.29) is 34.2 Å². The molecule has 156 valence electrons. The summed E-state index contributed by atoms with van der Waals surface area (Å²) in [6.07, 6.45) is 5.32. The van der Waals surface area contributed by atoms with Crippen LogP contribution in [0.4, 0.5) is 0 Å². The van der Waals surface area contributed by atoms with E-state index in [1.807, 2.05) is 39.8 Å². The molecule has 0 aliphatic rings. The molecule has 0 rings (SSSR count). The van der Waals surface area contributed by atoms with Gasteiger partial charge < -0.3 is 10.6 Å². The van der Waals surface area contributed by atoms with Gasteiger partial charge in [0.15, 0.2) is 0 Å². The van der Waals surface area contributed by atoms with Crippen molar-refractivity contribution in [2.75, 3.05) is 18.8 Å².